The van der Waals surface area contributed by atoms with Crippen molar-refractivity contribution < 1.29 is 0 Å². The van der Waals surface area contributed by atoms with E-state index in [9.17, 15) is 5.26 Å². The van der Waals surface area contributed by atoms with Crippen LogP contribution in [0.5, 0.6) is 0 Å². The minimum Gasteiger partial charge on any atom is -0.360 e. The number of hydrogen-bond acceptors (Lipinski definition) is 3. The van der Waals surface area contributed by atoms with Crippen molar-refractivity contribution in [1.82, 2.24) is 15.2 Å². The van der Waals surface area contributed by atoms with Crippen LogP contribution < -0.4 is 5.32 Å². The third-order valence-corrected chi connectivity index (χ3v) is 6.02. The summed E-state index contributed by atoms with van der Waals surface area (Å²) in [5.41, 5.74) is 2.92. The smallest absolute Gasteiger partial charge is 0.101 e. The molecule has 25 heavy (non-hydrogen) atoms. The van der Waals surface area contributed by atoms with Crippen molar-refractivity contribution in [3.63, 3.8) is 0 Å². The Hall–Kier alpha value is -1.84. The molecule has 4 nitrogen and oxygen atoms in total. The summed E-state index contributed by atoms with van der Waals surface area (Å²) in [7, 11) is 0. The zero-order valence-corrected chi connectivity index (χ0v) is 15.3. The van der Waals surface area contributed by atoms with Crippen LogP contribution in [0.1, 0.15) is 22.0 Å². The van der Waals surface area contributed by atoms with E-state index in [-0.39, 0.29) is 6.04 Å². The lowest BCUT2D eigenvalue weighted by molar-refractivity contribution is 0.200. The third kappa shape index (κ3) is 3.44. The summed E-state index contributed by atoms with van der Waals surface area (Å²) < 4.78 is 0.855. The highest BCUT2D eigenvalue weighted by molar-refractivity contribution is 7.16. The molecule has 1 radical (unpaired) electrons. The van der Waals surface area contributed by atoms with E-state index < -0.39 is 0 Å². The van der Waals surface area contributed by atoms with Gasteiger partial charge >= 0.3 is 0 Å². The Balaban J connectivity index is 1.49. The lowest BCUT2D eigenvalue weighted by Gasteiger charge is -2.32. The minimum absolute atomic E-state index is 0.148. The number of nitrogens with zero attached hydrogens (tertiary/aromatic N) is 3. The quantitative estimate of drug-likeness (QED) is 0.756. The molecule has 0 aliphatic carbocycles. The van der Waals surface area contributed by atoms with Gasteiger partial charge in [-0.15, -0.1) is 11.3 Å². The number of aromatic amines is 1. The van der Waals surface area contributed by atoms with Crippen molar-refractivity contribution in [3.05, 3.63) is 56.9 Å². The topological polar surface area (TPSA) is 56.9 Å². The van der Waals surface area contributed by atoms with E-state index in [0.717, 1.165) is 47.8 Å². The largest absolute Gasteiger partial charge is 0.360 e. The van der Waals surface area contributed by atoms with Crippen molar-refractivity contribution in [2.24, 2.45) is 0 Å². The number of rotatable bonds is 4. The fraction of sp³-hybridized carbons (Fsp3) is 0.316. The Morgan fingerprint density at radius 2 is 2.28 bits per heavy atom. The normalized spacial score (nSPS) is 18.5. The van der Waals surface area contributed by atoms with Crippen LogP contribution in [0.25, 0.3) is 10.9 Å². The fourth-order valence-electron chi connectivity index (χ4n) is 3.45. The number of H-pyrrole nitrogens is 1. The van der Waals surface area contributed by atoms with Gasteiger partial charge in [-0.1, -0.05) is 29.8 Å². The number of para-hydroxylation sites is 1. The van der Waals surface area contributed by atoms with Crippen molar-refractivity contribution in [2.45, 2.75) is 12.5 Å². The number of halogens is 1. The highest BCUT2D eigenvalue weighted by Crippen LogP contribution is 2.28. The van der Waals surface area contributed by atoms with Crippen LogP contribution in [0.2, 0.25) is 4.34 Å². The summed E-state index contributed by atoms with van der Waals surface area (Å²) in [6, 6.07) is 12.6. The standard InChI is InChI=1S/C19H18ClN4S/c20-18-5-4-14(25-18)6-8-24-9-7-22-17(12-24)16-3-1-2-15-13(10-21)11-23-19(15)16/h1-5,11,17,23H,6-9,12H2. The van der Waals surface area contributed by atoms with E-state index in [1.165, 1.54) is 10.4 Å². The maximum atomic E-state index is 9.24. The monoisotopic (exact) mass is 369 g/mol. The Kier molecular flexibility index (Phi) is 4.78. The second-order valence-electron chi connectivity index (χ2n) is 6.26. The van der Waals surface area contributed by atoms with Gasteiger partial charge in [0, 0.05) is 42.6 Å². The Bertz CT molecular complexity index is 923. The van der Waals surface area contributed by atoms with Gasteiger partial charge in [0.05, 0.1) is 21.5 Å². The Morgan fingerprint density at radius 1 is 1.36 bits per heavy atom. The molecule has 1 aliphatic rings. The highest BCUT2D eigenvalue weighted by Gasteiger charge is 2.24. The lowest BCUT2D eigenvalue weighted by atomic mass is 10.0. The zero-order chi connectivity index (χ0) is 17.2. The number of thiophene rings is 1. The van der Waals surface area contributed by atoms with E-state index in [2.05, 4.69) is 28.1 Å². The Morgan fingerprint density at radius 3 is 3.08 bits per heavy atom. The third-order valence-electron chi connectivity index (χ3n) is 4.73. The van der Waals surface area contributed by atoms with Gasteiger partial charge in [-0.2, -0.15) is 5.26 Å². The van der Waals surface area contributed by atoms with Gasteiger partial charge in [-0.25, -0.2) is 5.32 Å². The van der Waals surface area contributed by atoms with Crippen LogP contribution in [-0.2, 0) is 6.42 Å². The number of benzene rings is 1. The maximum absolute atomic E-state index is 9.24. The summed E-state index contributed by atoms with van der Waals surface area (Å²) in [5.74, 6) is 0. The molecule has 3 heterocycles. The molecule has 1 aliphatic heterocycles. The summed E-state index contributed by atoms with van der Waals surface area (Å²) in [5, 5.41) is 15.1. The van der Waals surface area contributed by atoms with Gasteiger partial charge in [0.25, 0.3) is 0 Å². The molecule has 1 aromatic carbocycles. The molecule has 1 unspecified atom stereocenters. The number of fused-ring (bicyclic) bond motifs is 1. The first-order valence-electron chi connectivity index (χ1n) is 8.38. The second kappa shape index (κ2) is 7.19. The summed E-state index contributed by atoms with van der Waals surface area (Å²) >= 11 is 7.68. The predicted molar refractivity (Wildman–Crippen MR) is 102 cm³/mol. The highest BCUT2D eigenvalue weighted by atomic mass is 35.5. The first kappa shape index (κ1) is 16.6. The molecule has 1 atom stereocenters. The van der Waals surface area contributed by atoms with E-state index >= 15 is 0 Å². The molecule has 3 aromatic rings. The number of nitrogens with one attached hydrogen (secondary N) is 1. The van der Waals surface area contributed by atoms with Crippen molar-refractivity contribution >= 4 is 33.8 Å². The maximum Gasteiger partial charge on any atom is 0.101 e. The molecule has 0 amide bonds. The van der Waals surface area contributed by atoms with Gasteiger partial charge in [0.1, 0.15) is 6.07 Å². The molecule has 1 saturated heterocycles. The number of piperazine rings is 1. The van der Waals surface area contributed by atoms with Crippen LogP contribution in [-0.4, -0.2) is 36.1 Å². The molecular weight excluding hydrogens is 352 g/mol. The molecule has 127 valence electrons. The van der Waals surface area contributed by atoms with Gasteiger partial charge in [-0.05, 0) is 24.1 Å². The summed E-state index contributed by atoms with van der Waals surface area (Å²) in [6.45, 7) is 3.78. The van der Waals surface area contributed by atoms with Gasteiger partial charge < -0.3 is 4.98 Å². The van der Waals surface area contributed by atoms with Crippen LogP contribution in [0, 0.1) is 11.3 Å². The van der Waals surface area contributed by atoms with E-state index in [1.807, 2.05) is 18.2 Å². The molecule has 1 fully saturated rings. The zero-order valence-electron chi connectivity index (χ0n) is 13.7. The van der Waals surface area contributed by atoms with Crippen LogP contribution in [0.15, 0.2) is 36.5 Å². The van der Waals surface area contributed by atoms with Crippen molar-refractivity contribution in [3.8, 4) is 6.07 Å². The molecule has 0 saturated carbocycles. The number of nitriles is 1. The van der Waals surface area contributed by atoms with Gasteiger partial charge in [-0.3, -0.25) is 4.90 Å². The van der Waals surface area contributed by atoms with Gasteiger partial charge in [0.15, 0.2) is 0 Å². The number of hydrogen-bond donors (Lipinski definition) is 1. The van der Waals surface area contributed by atoms with Crippen LogP contribution >= 0.6 is 22.9 Å². The lowest BCUT2D eigenvalue weighted by Crippen LogP contribution is -2.43. The molecule has 0 bridgehead atoms. The van der Waals surface area contributed by atoms with Gasteiger partial charge in [0.2, 0.25) is 0 Å². The Labute approximate surface area is 156 Å². The summed E-state index contributed by atoms with van der Waals surface area (Å²) in [4.78, 5) is 7.06. The minimum atomic E-state index is 0.148. The molecule has 1 N–H and O–H groups in total. The van der Waals surface area contributed by atoms with Crippen LogP contribution in [0.3, 0.4) is 0 Å². The number of aromatic nitrogens is 1. The molecule has 2 aromatic heterocycles. The van der Waals surface area contributed by atoms with Crippen molar-refractivity contribution in [1.29, 1.82) is 5.26 Å². The average Bonchev–Trinajstić information content (AvgIpc) is 3.25. The molecule has 0 spiro atoms. The predicted octanol–water partition coefficient (Wildman–Crippen LogP) is 3.96. The molecule has 6 heteroatoms. The van der Waals surface area contributed by atoms with E-state index in [0.29, 0.717) is 5.56 Å². The average molecular weight is 370 g/mol. The fourth-order valence-corrected chi connectivity index (χ4v) is 4.53. The van der Waals surface area contributed by atoms with Crippen LogP contribution in [0.4, 0.5) is 0 Å². The van der Waals surface area contributed by atoms with E-state index in [4.69, 9.17) is 16.9 Å². The first-order chi connectivity index (χ1) is 12.2. The molecule has 4 rings (SSSR count). The van der Waals surface area contributed by atoms with E-state index in [1.54, 1.807) is 17.5 Å². The summed E-state index contributed by atoms with van der Waals surface area (Å²) in [6.07, 6.45) is 2.81. The van der Waals surface area contributed by atoms with Crippen molar-refractivity contribution in [2.75, 3.05) is 26.2 Å². The SMILES string of the molecule is N#Cc1c[nH]c2c(C3CN(CCc4ccc(Cl)s4)CC[N]3)cccc12. The second-order valence-corrected chi connectivity index (χ2v) is 8.06. The molecular formula is C19H18ClN4S. The first-order valence-corrected chi connectivity index (χ1v) is 9.57.